The van der Waals surface area contributed by atoms with Gasteiger partial charge in [-0.25, -0.2) is 0 Å². The van der Waals surface area contributed by atoms with Gasteiger partial charge in [-0.2, -0.15) is 0 Å². The summed E-state index contributed by atoms with van der Waals surface area (Å²) in [7, 11) is 0. The van der Waals surface area contributed by atoms with Gasteiger partial charge in [0.25, 0.3) is 0 Å². The standard InChI is InChI=1S/C30H38O2.C28H36O2.C24H30O2.4H2/c1-29(2,3)25-17-19(21-11-7-9-13-23(21)27(25)31)15-16-20-18-26(30(4,5)6)28(32)24-14-10-8-12-22(20)24;1-27(2,3)23-15-21(17-11-7-9-13-19(17)25(23)29)22-16-24(28(4,5)6)26(30)20-14-10-8-12-18(20)22;1-15-11-17(12-16(2)21(15)25)9-10-18-13-19(23(3,4)5)22(26)20(14-18)24(6,7)8;;;;/h15-18H,7-14H2,1-6H3;15-16H,7-14H2,1-6H3;9-14H,1-8H3;4*1H/b19-15+,20-16+;22-21+;;;;;. The summed E-state index contributed by atoms with van der Waals surface area (Å²) in [5.41, 5.74) is 21.8. The number of carbonyl (C=O) groups excluding carboxylic acids is 6. The molecule has 6 nitrogen and oxygen atoms in total. The third-order valence-corrected chi connectivity index (χ3v) is 19.1. The summed E-state index contributed by atoms with van der Waals surface area (Å²) < 4.78 is 0. The minimum Gasteiger partial charge on any atom is -0.289 e. The van der Waals surface area contributed by atoms with Crippen molar-refractivity contribution in [2.75, 3.05) is 0 Å². The van der Waals surface area contributed by atoms with Crippen LogP contribution in [0.3, 0.4) is 0 Å². The molecule has 88 heavy (non-hydrogen) atoms. The Labute approximate surface area is 535 Å². The van der Waals surface area contributed by atoms with Gasteiger partial charge in [0.2, 0.25) is 0 Å². The molecule has 0 N–H and O–H groups in total. The van der Waals surface area contributed by atoms with Gasteiger partial charge < -0.3 is 0 Å². The lowest BCUT2D eigenvalue weighted by Gasteiger charge is -2.35. The van der Waals surface area contributed by atoms with Gasteiger partial charge in [0, 0.05) is 61.4 Å². The van der Waals surface area contributed by atoms with Crippen molar-refractivity contribution in [1.29, 1.82) is 0 Å². The fourth-order valence-electron chi connectivity index (χ4n) is 14.0. The van der Waals surface area contributed by atoms with Crippen molar-refractivity contribution in [3.05, 3.63) is 196 Å². The zero-order chi connectivity index (χ0) is 65.0. The summed E-state index contributed by atoms with van der Waals surface area (Å²) in [5, 5.41) is 0. The summed E-state index contributed by atoms with van der Waals surface area (Å²) in [6.07, 6.45) is 41.4. The Bertz CT molecular complexity index is 3410. The molecule has 10 aliphatic rings. The molecule has 0 aromatic carbocycles. The Morgan fingerprint density at radius 1 is 0.261 bits per heavy atom. The van der Waals surface area contributed by atoms with Crippen LogP contribution in [-0.4, -0.2) is 34.7 Å². The van der Waals surface area contributed by atoms with Crippen LogP contribution in [0.5, 0.6) is 0 Å². The predicted molar refractivity (Wildman–Crippen MR) is 373 cm³/mol. The Morgan fingerprint density at radius 2 is 0.489 bits per heavy atom. The zero-order valence-electron chi connectivity index (χ0n) is 57.7. The fraction of sp³-hybridized carbons (Fsp3) is 0.512. The number of rotatable bonds is 2. The van der Waals surface area contributed by atoms with Crippen molar-refractivity contribution in [1.82, 2.24) is 0 Å². The molecule has 0 saturated carbocycles. The molecular weight excluding hydrogens is 1080 g/mol. The molecule has 6 heteroatoms. The molecule has 0 saturated heterocycles. The summed E-state index contributed by atoms with van der Waals surface area (Å²) in [6.45, 7) is 41.7. The maximum absolute atomic E-state index is 13.4. The lowest BCUT2D eigenvalue weighted by molar-refractivity contribution is -0.114. The van der Waals surface area contributed by atoms with Gasteiger partial charge >= 0.3 is 0 Å². The maximum atomic E-state index is 13.4. The van der Waals surface area contributed by atoms with Gasteiger partial charge in [-0.05, 0) is 265 Å². The second-order valence-corrected chi connectivity index (χ2v) is 32.5. The van der Waals surface area contributed by atoms with Gasteiger partial charge in [0.1, 0.15) is 0 Å². The predicted octanol–water partition coefficient (Wildman–Crippen LogP) is 21.7. The van der Waals surface area contributed by atoms with Gasteiger partial charge in [-0.3, -0.25) is 28.8 Å². The van der Waals surface area contributed by atoms with Crippen LogP contribution < -0.4 is 0 Å². The van der Waals surface area contributed by atoms with Crippen LogP contribution in [0.2, 0.25) is 0 Å². The van der Waals surface area contributed by atoms with Gasteiger partial charge in [0.05, 0.1) is 0 Å². The van der Waals surface area contributed by atoms with Crippen molar-refractivity contribution in [2.24, 2.45) is 32.5 Å². The first kappa shape index (κ1) is 67.5. The lowest BCUT2D eigenvalue weighted by Crippen LogP contribution is -2.28. The number of Topliss-reactive ketones (excluding diaryl/α,β-unsaturated/α-hetero) is 6. The monoisotopic (exact) mass is 1190 g/mol. The zero-order valence-corrected chi connectivity index (χ0v) is 57.7. The number of hydrogen-bond acceptors (Lipinski definition) is 6. The molecule has 0 bridgehead atoms. The van der Waals surface area contributed by atoms with Crippen molar-refractivity contribution < 1.29 is 34.5 Å². The summed E-state index contributed by atoms with van der Waals surface area (Å²) in [4.78, 5) is 78.0. The van der Waals surface area contributed by atoms with E-state index >= 15 is 0 Å². The van der Waals surface area contributed by atoms with E-state index in [1.807, 2.05) is 50.3 Å². The second kappa shape index (κ2) is 25.5. The first-order chi connectivity index (χ1) is 40.8. The van der Waals surface area contributed by atoms with Gasteiger partial charge in [-0.1, -0.05) is 149 Å². The van der Waals surface area contributed by atoms with E-state index in [4.69, 9.17) is 0 Å². The molecule has 0 unspecified atom stereocenters. The smallest absolute Gasteiger partial charge is 0.186 e. The highest BCUT2D eigenvalue weighted by Gasteiger charge is 2.40. The molecule has 0 atom stereocenters. The number of hydrogen-bond donors (Lipinski definition) is 0. The molecule has 0 heterocycles. The van der Waals surface area contributed by atoms with Crippen LogP contribution >= 0.6 is 0 Å². The number of allylic oxidation sites excluding steroid dienone is 34. The molecule has 0 aromatic heterocycles. The van der Waals surface area contributed by atoms with Crippen LogP contribution in [0.15, 0.2) is 196 Å². The maximum Gasteiger partial charge on any atom is 0.186 e. The largest absolute Gasteiger partial charge is 0.289 e. The molecular formula is C82H112O6. The van der Waals surface area contributed by atoms with E-state index in [0.717, 1.165) is 181 Å². The number of ketones is 6. The summed E-state index contributed by atoms with van der Waals surface area (Å²) in [5.74, 6) is 1.27. The fourth-order valence-corrected chi connectivity index (χ4v) is 14.0. The summed E-state index contributed by atoms with van der Waals surface area (Å²) >= 11 is 0. The number of carbonyl (C=O) groups is 6. The van der Waals surface area contributed by atoms with Crippen molar-refractivity contribution in [2.45, 2.75) is 241 Å². The Morgan fingerprint density at radius 3 is 0.773 bits per heavy atom. The lowest BCUT2D eigenvalue weighted by atomic mass is 9.67. The third kappa shape index (κ3) is 14.6. The quantitative estimate of drug-likeness (QED) is 0.273. The van der Waals surface area contributed by atoms with Crippen LogP contribution in [0.25, 0.3) is 0 Å². The molecule has 476 valence electrons. The Balaban J connectivity index is 0.000000290. The molecule has 0 aliphatic heterocycles. The van der Waals surface area contributed by atoms with Crippen LogP contribution in [0.4, 0.5) is 0 Å². The highest BCUT2D eigenvalue weighted by molar-refractivity contribution is 6.16. The Kier molecular flexibility index (Phi) is 19.5. The molecule has 0 amide bonds. The average molecular weight is 1190 g/mol. The van der Waals surface area contributed by atoms with E-state index in [1.54, 1.807) is 0 Å². The topological polar surface area (TPSA) is 102 Å². The molecule has 0 fully saturated rings. The highest BCUT2D eigenvalue weighted by Crippen LogP contribution is 2.50. The van der Waals surface area contributed by atoms with E-state index in [9.17, 15) is 28.8 Å². The van der Waals surface area contributed by atoms with Crippen molar-refractivity contribution in [3.63, 3.8) is 0 Å². The van der Waals surface area contributed by atoms with E-state index in [2.05, 4.69) is 161 Å². The third-order valence-electron chi connectivity index (χ3n) is 19.1. The van der Waals surface area contributed by atoms with Crippen LogP contribution in [0.1, 0.15) is 247 Å². The van der Waals surface area contributed by atoms with Gasteiger partial charge in [0.15, 0.2) is 34.7 Å². The normalized spacial score (nSPS) is 23.5. The Hall–Kier alpha value is -6.40. The van der Waals surface area contributed by atoms with E-state index in [0.29, 0.717) is 0 Å². The molecule has 10 rings (SSSR count). The van der Waals surface area contributed by atoms with E-state index in [1.165, 1.54) is 44.6 Å². The SMILES string of the molecule is CC(C)(C)C1=C/C(=C2/C=C(C(C)(C)C)C(=O)C3=C2CCCC3)C2=C(CCCC2)C1=O.CC(C)(C)C1=C/C(=C\C=C2/C=C(C(C)(C)C)C(=O)C3=C2CCCC3)C2=C(CCCC2)C1=O.CC1=CC(=CC=C2C=C(C(C)(C)C)C(=O)C(C(C)(C)C)=C2)C=C(C)C1=O.[HH].[HH].[HH].[HH]. The first-order valence-corrected chi connectivity index (χ1v) is 33.2. The molecule has 0 radical (unpaired) electrons. The van der Waals surface area contributed by atoms with E-state index < -0.39 is 0 Å². The first-order valence-electron chi connectivity index (χ1n) is 33.2. The molecule has 0 spiro atoms. The average Bonchev–Trinajstić information content (AvgIpc) is 0.749. The minimum absolute atomic E-state index is 0. The minimum atomic E-state index is -0.210. The van der Waals surface area contributed by atoms with Crippen LogP contribution in [0, 0.1) is 32.5 Å². The molecule has 0 aromatic rings. The summed E-state index contributed by atoms with van der Waals surface area (Å²) in [6, 6.07) is 0. The second-order valence-electron chi connectivity index (χ2n) is 32.5. The van der Waals surface area contributed by atoms with Crippen molar-refractivity contribution in [3.8, 4) is 0 Å². The molecule has 10 aliphatic carbocycles. The van der Waals surface area contributed by atoms with Crippen molar-refractivity contribution >= 4 is 34.7 Å². The highest BCUT2D eigenvalue weighted by atomic mass is 16.1. The van der Waals surface area contributed by atoms with Gasteiger partial charge in [-0.15, -0.1) is 0 Å². The van der Waals surface area contributed by atoms with Crippen LogP contribution in [-0.2, 0) is 28.8 Å². The van der Waals surface area contributed by atoms with E-state index in [-0.39, 0.29) is 72.9 Å².